The lowest BCUT2D eigenvalue weighted by Crippen LogP contribution is -2.07. The van der Waals surface area contributed by atoms with Gasteiger partial charge in [0.05, 0.1) is 0 Å². The third kappa shape index (κ3) is 8.65. The van der Waals surface area contributed by atoms with Gasteiger partial charge in [-0.2, -0.15) is 0 Å². The molecular weight excluding hydrogens is 256 g/mol. The first kappa shape index (κ1) is 13.4. The smallest absolute Gasteiger partial charge is 0 e. The van der Waals surface area contributed by atoms with E-state index < -0.39 is 0 Å². The summed E-state index contributed by atoms with van der Waals surface area (Å²) >= 11 is 0. The Morgan fingerprint density at radius 3 is 0.250 bits per heavy atom. The van der Waals surface area contributed by atoms with Gasteiger partial charge in [-0.1, -0.05) is 0 Å². The minimum Gasteiger partial charge on any atom is 0 e. The van der Waals surface area contributed by atoms with Crippen LogP contribution in [0.5, 0.6) is 0 Å². The monoisotopic (exact) mass is 256 g/mol. The Labute approximate surface area is 82.1 Å². The van der Waals surface area contributed by atoms with E-state index in [9.17, 15) is 0 Å². The topological polar surface area (TPSA) is 148 Å². The summed E-state index contributed by atoms with van der Waals surface area (Å²) in [6.45, 7) is 0. The molecule has 0 aromatic carbocycles. The fourth-order valence-corrected chi connectivity index (χ4v) is 0.181. The molecule has 0 saturated carbocycles. The molecule has 0 unspecified atom stereocenters. The van der Waals surface area contributed by atoms with Gasteiger partial charge >= 0.3 is 0 Å². The van der Waals surface area contributed by atoms with Gasteiger partial charge in [-0.25, -0.2) is 0 Å². The molecule has 1 fully saturated rings. The standard InChI is InChI=1S/O16/c1-2-4-6-8-10-12-14-16-15-13-11-9-7-5-3-1. The average molecular weight is 256 g/mol. The van der Waals surface area contributed by atoms with Crippen LogP contribution in [0.4, 0.5) is 0 Å². The molecule has 16 heteroatoms. The van der Waals surface area contributed by atoms with Crippen molar-refractivity contribution < 1.29 is 80.6 Å². The molecule has 16 heavy (non-hydrogen) atoms. The van der Waals surface area contributed by atoms with E-state index in [0.717, 1.165) is 0 Å². The van der Waals surface area contributed by atoms with Crippen molar-refractivity contribution in [2.45, 2.75) is 0 Å². The predicted octanol–water partition coefficient (Wildman–Crippen LogP) is -1.09. The highest BCUT2D eigenvalue weighted by Gasteiger charge is 2.01. The summed E-state index contributed by atoms with van der Waals surface area (Å²) < 4.78 is 0. The zero-order valence-corrected chi connectivity index (χ0v) is 6.53. The van der Waals surface area contributed by atoms with Crippen LogP contribution in [0.15, 0.2) is 0 Å². The summed E-state index contributed by atoms with van der Waals surface area (Å²) in [4.78, 5) is 0. The molecule has 1 rings (SSSR count). The normalized spacial score (nSPS) is 24.0. The van der Waals surface area contributed by atoms with Crippen molar-refractivity contribution in [1.82, 2.24) is 0 Å². The van der Waals surface area contributed by atoms with Crippen molar-refractivity contribution in [2.75, 3.05) is 0 Å². The third-order valence-corrected chi connectivity index (χ3v) is 0.444. The molecule has 16 nitrogen and oxygen atoms in total. The van der Waals surface area contributed by atoms with Gasteiger partial charge in [-0.15, -0.1) is 0 Å². The fraction of sp³-hybridized carbons (Fsp3) is 0. The summed E-state index contributed by atoms with van der Waals surface area (Å²) in [5.74, 6) is 0. The molecular formula is O16. The van der Waals surface area contributed by atoms with E-state index >= 15 is 0 Å². The van der Waals surface area contributed by atoms with Crippen molar-refractivity contribution in [3.05, 3.63) is 0 Å². The summed E-state index contributed by atoms with van der Waals surface area (Å²) in [5, 5.41) is 56.0. The Morgan fingerprint density at radius 1 is 0.125 bits per heavy atom. The average Bonchev–Trinajstić information content (AvgIpc) is 2.29. The maximum Gasteiger partial charge on any atom is 0 e. The molecule has 0 bridgehead atoms. The largest absolute Gasteiger partial charge is 0 e. The summed E-state index contributed by atoms with van der Waals surface area (Å²) in [5.41, 5.74) is 0. The Morgan fingerprint density at radius 2 is 0.188 bits per heavy atom. The molecule has 1 aliphatic heterocycles. The molecule has 0 aromatic heterocycles. The third-order valence-electron chi connectivity index (χ3n) is 0.444. The van der Waals surface area contributed by atoms with E-state index in [-0.39, 0.29) is 0 Å². The number of hydrogen-bond acceptors (Lipinski definition) is 16. The molecule has 0 N–H and O–H groups in total. The van der Waals surface area contributed by atoms with Gasteiger partial charge in [0.25, 0.3) is 0 Å². The van der Waals surface area contributed by atoms with Gasteiger partial charge < -0.3 is 0 Å². The molecule has 0 amide bonds. The van der Waals surface area contributed by atoms with Crippen LogP contribution in [0, 0.1) is 0 Å². The van der Waals surface area contributed by atoms with Crippen LogP contribution in [-0.4, -0.2) is 0 Å². The first-order chi connectivity index (χ1) is 8.00. The molecule has 0 radical (unpaired) electrons. The van der Waals surface area contributed by atoms with Crippen molar-refractivity contribution in [2.24, 2.45) is 0 Å². The lowest BCUT2D eigenvalue weighted by molar-refractivity contribution is -0.914. The van der Waals surface area contributed by atoms with Crippen LogP contribution in [0.3, 0.4) is 0 Å². The first-order valence-corrected chi connectivity index (χ1v) is 2.67. The Bertz CT molecular complexity index is 64.0. The highest BCUT2D eigenvalue weighted by Crippen LogP contribution is 1.94. The van der Waals surface area contributed by atoms with Gasteiger partial charge in [0.2, 0.25) is 0 Å². The van der Waals surface area contributed by atoms with Gasteiger partial charge in [0.1, 0.15) is 0 Å². The highest BCUT2D eigenvalue weighted by atomic mass is 18.0. The molecule has 0 spiro atoms. The SMILES string of the molecule is O1OOOOOOOOOOOOOOO1. The second-order valence-electron chi connectivity index (χ2n) is 1.09. The van der Waals surface area contributed by atoms with Crippen molar-refractivity contribution in [3.63, 3.8) is 0 Å². The maximum atomic E-state index is 3.50. The number of hydrogen-bond donors (Lipinski definition) is 0. The van der Waals surface area contributed by atoms with Crippen molar-refractivity contribution in [1.29, 1.82) is 0 Å². The highest BCUT2D eigenvalue weighted by molar-refractivity contribution is 3.10. The van der Waals surface area contributed by atoms with E-state index in [1.54, 1.807) is 0 Å². The Hall–Kier alpha value is -0.640. The zero-order chi connectivity index (χ0) is 11.3. The van der Waals surface area contributed by atoms with E-state index in [2.05, 4.69) is 80.6 Å². The van der Waals surface area contributed by atoms with Gasteiger partial charge in [0.15, 0.2) is 0 Å². The van der Waals surface area contributed by atoms with Crippen molar-refractivity contribution >= 4 is 0 Å². The van der Waals surface area contributed by atoms with Crippen LogP contribution in [-0.2, 0) is 80.6 Å². The van der Waals surface area contributed by atoms with Crippen LogP contribution >= 0.6 is 0 Å². The summed E-state index contributed by atoms with van der Waals surface area (Å²) in [6.07, 6.45) is 0. The van der Waals surface area contributed by atoms with Gasteiger partial charge in [-0.05, 0) is 0 Å². The summed E-state index contributed by atoms with van der Waals surface area (Å²) in [7, 11) is 0. The quantitative estimate of drug-likeness (QED) is 0.482. The maximum absolute atomic E-state index is 3.50. The molecule has 0 atom stereocenters. The molecule has 1 aliphatic rings. The minimum absolute atomic E-state index is 3.50. The molecule has 1 heterocycles. The second kappa shape index (κ2) is 10.9. The van der Waals surface area contributed by atoms with E-state index in [0.29, 0.717) is 0 Å². The van der Waals surface area contributed by atoms with E-state index in [4.69, 9.17) is 0 Å². The predicted molar refractivity (Wildman–Crippen MR) is 17.4 cm³/mol. The fourth-order valence-electron chi connectivity index (χ4n) is 0.181. The molecule has 0 aliphatic carbocycles. The van der Waals surface area contributed by atoms with Gasteiger partial charge in [-0.3, -0.25) is 0 Å². The van der Waals surface area contributed by atoms with Crippen LogP contribution < -0.4 is 0 Å². The number of rotatable bonds is 0. The van der Waals surface area contributed by atoms with Crippen LogP contribution in [0.2, 0.25) is 0 Å². The lowest BCUT2D eigenvalue weighted by atomic mass is 14.0. The molecule has 1 saturated heterocycles. The Kier molecular flexibility index (Phi) is 9.12. The zero-order valence-electron chi connectivity index (χ0n) is 6.53. The van der Waals surface area contributed by atoms with E-state index in [1.165, 1.54) is 0 Å². The Balaban J connectivity index is 2.00. The second-order valence-corrected chi connectivity index (χ2v) is 1.09. The summed E-state index contributed by atoms with van der Waals surface area (Å²) in [6, 6.07) is 0. The minimum atomic E-state index is 3.50. The van der Waals surface area contributed by atoms with Crippen LogP contribution in [0.1, 0.15) is 0 Å². The molecule has 0 aromatic rings. The van der Waals surface area contributed by atoms with Crippen molar-refractivity contribution in [3.8, 4) is 0 Å². The van der Waals surface area contributed by atoms with Gasteiger partial charge in [0, 0.05) is 80.6 Å². The van der Waals surface area contributed by atoms with Crippen LogP contribution in [0.25, 0.3) is 0 Å². The lowest BCUT2D eigenvalue weighted by Gasteiger charge is -2.00. The first-order valence-electron chi connectivity index (χ1n) is 2.67. The van der Waals surface area contributed by atoms with E-state index in [1.807, 2.05) is 0 Å². The molecule has 96 valence electrons.